The average molecular weight is 285 g/mol. The SMILES string of the molecule is CC(N)(OS(=O)O)c1ccc(N)c(C(=O)N=[N+]=[N-])c1. The normalized spacial score (nSPS) is 15.1. The Morgan fingerprint density at radius 3 is 2.79 bits per heavy atom. The van der Waals surface area contributed by atoms with Crippen molar-refractivity contribution in [3.8, 4) is 0 Å². The molecule has 1 amide bonds. The van der Waals surface area contributed by atoms with Crippen LogP contribution in [0.25, 0.3) is 10.4 Å². The Labute approximate surface area is 110 Å². The van der Waals surface area contributed by atoms with Gasteiger partial charge in [-0.05, 0) is 29.7 Å². The van der Waals surface area contributed by atoms with Gasteiger partial charge in [-0.2, -0.15) is 4.21 Å². The molecule has 0 aliphatic rings. The molecule has 1 rings (SSSR count). The molecule has 5 N–H and O–H groups in total. The third kappa shape index (κ3) is 3.74. The van der Waals surface area contributed by atoms with Gasteiger partial charge in [-0.1, -0.05) is 6.07 Å². The number of carbonyl (C=O) groups excluding carboxylic acids is 1. The van der Waals surface area contributed by atoms with Crippen molar-refractivity contribution in [3.05, 3.63) is 39.8 Å². The first-order chi connectivity index (χ1) is 8.77. The Morgan fingerprint density at radius 1 is 1.63 bits per heavy atom. The van der Waals surface area contributed by atoms with Crippen molar-refractivity contribution >= 4 is 23.0 Å². The molecule has 0 fully saturated rings. The molecule has 0 spiro atoms. The maximum atomic E-state index is 11.5. The summed E-state index contributed by atoms with van der Waals surface area (Å²) in [5.74, 6) is -0.886. The van der Waals surface area contributed by atoms with Crippen molar-refractivity contribution in [1.29, 1.82) is 0 Å². The van der Waals surface area contributed by atoms with Crippen molar-refractivity contribution in [1.82, 2.24) is 0 Å². The Morgan fingerprint density at radius 2 is 2.26 bits per heavy atom. The van der Waals surface area contributed by atoms with Gasteiger partial charge < -0.3 is 5.73 Å². The number of anilines is 1. The van der Waals surface area contributed by atoms with Crippen LogP contribution < -0.4 is 11.5 Å². The van der Waals surface area contributed by atoms with E-state index in [1.807, 2.05) is 0 Å². The third-order valence-electron chi connectivity index (χ3n) is 2.24. The topological polar surface area (TPSA) is 164 Å². The third-order valence-corrected chi connectivity index (χ3v) is 2.73. The van der Waals surface area contributed by atoms with Crippen molar-refractivity contribution < 1.29 is 17.7 Å². The van der Waals surface area contributed by atoms with E-state index < -0.39 is 23.0 Å². The van der Waals surface area contributed by atoms with Crippen LogP contribution in [0.5, 0.6) is 0 Å². The number of nitrogens with zero attached hydrogens (tertiary/aromatic N) is 3. The molecular formula is C9H11N5O4S. The van der Waals surface area contributed by atoms with Crippen LogP contribution in [0.2, 0.25) is 0 Å². The summed E-state index contributed by atoms with van der Waals surface area (Å²) in [6.45, 7) is 1.33. The fraction of sp³-hybridized carbons (Fsp3) is 0.222. The Balaban J connectivity index is 3.25. The predicted molar refractivity (Wildman–Crippen MR) is 67.7 cm³/mol. The number of azide groups is 1. The molecule has 0 aliphatic carbocycles. The fourth-order valence-corrected chi connectivity index (χ4v) is 1.73. The van der Waals surface area contributed by atoms with E-state index >= 15 is 0 Å². The molecule has 0 saturated carbocycles. The van der Waals surface area contributed by atoms with Crippen LogP contribution in [0.4, 0.5) is 5.69 Å². The second-order valence-electron chi connectivity index (χ2n) is 3.70. The Kier molecular flexibility index (Phi) is 4.59. The standard InChI is InChI=1S/C9H11N5O4S/c1-9(11,18-19(16)17)5-2-3-7(10)6(4-5)8(15)13-14-12/h2-4H,10-11H2,1H3,(H,16,17). The zero-order valence-corrected chi connectivity index (χ0v) is 10.6. The molecular weight excluding hydrogens is 274 g/mol. The maximum Gasteiger partial charge on any atom is 0.304 e. The summed E-state index contributed by atoms with van der Waals surface area (Å²) < 4.78 is 23.9. The highest BCUT2D eigenvalue weighted by atomic mass is 32.2. The molecule has 19 heavy (non-hydrogen) atoms. The van der Waals surface area contributed by atoms with Gasteiger partial charge in [0.25, 0.3) is 5.91 Å². The number of nitrogen functional groups attached to an aromatic ring is 1. The molecule has 1 aromatic carbocycles. The molecule has 102 valence electrons. The summed E-state index contributed by atoms with van der Waals surface area (Å²) in [6.07, 6.45) is 0. The second kappa shape index (κ2) is 5.78. The minimum Gasteiger partial charge on any atom is -0.398 e. The lowest BCUT2D eigenvalue weighted by Gasteiger charge is -2.23. The summed E-state index contributed by atoms with van der Waals surface area (Å²) in [6, 6.07) is 4.01. The van der Waals surface area contributed by atoms with Gasteiger partial charge in [-0.15, -0.1) is 0 Å². The molecule has 0 saturated heterocycles. The van der Waals surface area contributed by atoms with Gasteiger partial charge >= 0.3 is 11.4 Å². The van der Waals surface area contributed by atoms with E-state index in [1.54, 1.807) is 0 Å². The van der Waals surface area contributed by atoms with Crippen LogP contribution in [0.3, 0.4) is 0 Å². The minimum atomic E-state index is -2.58. The van der Waals surface area contributed by atoms with E-state index in [0.717, 1.165) is 0 Å². The molecule has 0 heterocycles. The van der Waals surface area contributed by atoms with Crippen LogP contribution in [-0.2, 0) is 21.3 Å². The van der Waals surface area contributed by atoms with Gasteiger partial charge in [0.05, 0.1) is 0 Å². The van der Waals surface area contributed by atoms with Gasteiger partial charge in [-0.25, -0.2) is 4.18 Å². The van der Waals surface area contributed by atoms with Crippen LogP contribution in [0.15, 0.2) is 23.3 Å². The monoisotopic (exact) mass is 285 g/mol. The van der Waals surface area contributed by atoms with E-state index in [9.17, 15) is 9.00 Å². The molecule has 0 aromatic heterocycles. The van der Waals surface area contributed by atoms with E-state index in [4.69, 9.17) is 21.6 Å². The summed E-state index contributed by atoms with van der Waals surface area (Å²) >= 11 is -2.58. The van der Waals surface area contributed by atoms with Crippen LogP contribution in [-0.4, -0.2) is 14.7 Å². The molecule has 2 unspecified atom stereocenters. The summed E-state index contributed by atoms with van der Waals surface area (Å²) in [5, 5.41) is 2.91. The zero-order valence-electron chi connectivity index (χ0n) is 9.81. The largest absolute Gasteiger partial charge is 0.398 e. The average Bonchev–Trinajstić information content (AvgIpc) is 2.27. The van der Waals surface area contributed by atoms with Gasteiger partial charge in [-0.3, -0.25) is 15.1 Å². The number of hydrogen-bond acceptors (Lipinski definition) is 5. The highest BCUT2D eigenvalue weighted by Crippen LogP contribution is 2.24. The number of amides is 1. The first kappa shape index (κ1) is 15.1. The van der Waals surface area contributed by atoms with Gasteiger partial charge in [0, 0.05) is 21.7 Å². The lowest BCUT2D eigenvalue weighted by Crippen LogP contribution is -2.37. The molecule has 2 atom stereocenters. The molecule has 0 radical (unpaired) electrons. The highest BCUT2D eigenvalue weighted by molar-refractivity contribution is 7.74. The molecule has 0 bridgehead atoms. The van der Waals surface area contributed by atoms with E-state index in [1.165, 1.54) is 25.1 Å². The number of carbonyl (C=O) groups is 1. The van der Waals surface area contributed by atoms with E-state index in [2.05, 4.69) is 14.2 Å². The lowest BCUT2D eigenvalue weighted by molar-refractivity contribution is 0.0988. The minimum absolute atomic E-state index is 0.0701. The molecule has 10 heteroatoms. The lowest BCUT2D eigenvalue weighted by atomic mass is 10.0. The Bertz CT molecular complexity index is 582. The fourth-order valence-electron chi connectivity index (χ4n) is 1.34. The number of rotatable bonds is 4. The maximum absolute atomic E-state index is 11.5. The molecule has 1 aromatic rings. The van der Waals surface area contributed by atoms with Gasteiger partial charge in [0.1, 0.15) is 0 Å². The van der Waals surface area contributed by atoms with Crippen molar-refractivity contribution in [2.24, 2.45) is 10.8 Å². The van der Waals surface area contributed by atoms with E-state index in [-0.39, 0.29) is 16.8 Å². The summed E-state index contributed by atoms with van der Waals surface area (Å²) in [7, 11) is 0. The summed E-state index contributed by atoms with van der Waals surface area (Å²) in [5.41, 5.74) is 18.1. The second-order valence-corrected chi connectivity index (χ2v) is 4.31. The van der Waals surface area contributed by atoms with Crippen molar-refractivity contribution in [3.63, 3.8) is 0 Å². The van der Waals surface area contributed by atoms with Gasteiger partial charge in [0.15, 0.2) is 5.72 Å². The van der Waals surface area contributed by atoms with Crippen molar-refractivity contribution in [2.75, 3.05) is 5.73 Å². The number of nitrogens with two attached hydrogens (primary N) is 2. The smallest absolute Gasteiger partial charge is 0.304 e. The van der Waals surface area contributed by atoms with Crippen LogP contribution in [0, 0.1) is 0 Å². The predicted octanol–water partition coefficient (Wildman–Crippen LogP) is 1.00. The van der Waals surface area contributed by atoms with Gasteiger partial charge in [0.2, 0.25) is 0 Å². The first-order valence-corrected chi connectivity index (χ1v) is 5.89. The first-order valence-electron chi connectivity index (χ1n) is 4.86. The van der Waals surface area contributed by atoms with Crippen LogP contribution >= 0.6 is 0 Å². The number of benzene rings is 1. The quantitative estimate of drug-likeness (QED) is 0.186. The van der Waals surface area contributed by atoms with Crippen LogP contribution in [0.1, 0.15) is 22.8 Å². The Hall–Kier alpha value is -1.97. The van der Waals surface area contributed by atoms with Crippen molar-refractivity contribution in [2.45, 2.75) is 12.6 Å². The zero-order chi connectivity index (χ0) is 14.6. The van der Waals surface area contributed by atoms with E-state index in [0.29, 0.717) is 0 Å². The summed E-state index contributed by atoms with van der Waals surface area (Å²) in [4.78, 5) is 13.8. The highest BCUT2D eigenvalue weighted by Gasteiger charge is 2.26. The molecule has 0 aliphatic heterocycles. The molecule has 9 nitrogen and oxygen atoms in total. The number of hydrogen-bond donors (Lipinski definition) is 3.